The lowest BCUT2D eigenvalue weighted by Crippen LogP contribution is -2.21. The molecule has 26 heavy (non-hydrogen) atoms. The van der Waals surface area contributed by atoms with E-state index in [0.717, 1.165) is 35.5 Å². The van der Waals surface area contributed by atoms with Crippen LogP contribution in [0.3, 0.4) is 0 Å². The number of Topliss-reactive ketones (excluding diaryl/α,β-unsaturated/α-hetero) is 1. The number of hydrogen-bond donors (Lipinski definition) is 0. The van der Waals surface area contributed by atoms with Crippen molar-refractivity contribution >= 4 is 17.2 Å². The molecule has 0 radical (unpaired) electrons. The van der Waals surface area contributed by atoms with Gasteiger partial charge in [0.05, 0.1) is 4.92 Å². The molecule has 0 fully saturated rings. The number of carbonyl (C=O) groups excluding carboxylic acids is 1. The molecule has 0 saturated heterocycles. The largest absolute Gasteiger partial charge is 0.461 e. The monoisotopic (exact) mass is 347 g/mol. The molecule has 5 nitrogen and oxygen atoms in total. The van der Waals surface area contributed by atoms with E-state index in [1.54, 1.807) is 12.1 Å². The van der Waals surface area contributed by atoms with Crippen LogP contribution in [0.5, 0.6) is 0 Å². The molecule has 1 heterocycles. The van der Waals surface area contributed by atoms with Crippen molar-refractivity contribution in [2.45, 2.75) is 25.2 Å². The minimum absolute atomic E-state index is 0.0391. The molecule has 0 aromatic heterocycles. The topological polar surface area (TPSA) is 69.4 Å². The fraction of sp³-hybridized carbons (Fsp3) is 0.190. The summed E-state index contributed by atoms with van der Waals surface area (Å²) in [7, 11) is 0. The highest BCUT2D eigenvalue weighted by molar-refractivity contribution is 5.99. The summed E-state index contributed by atoms with van der Waals surface area (Å²) in [5, 5.41) is 10.9. The predicted octanol–water partition coefficient (Wildman–Crippen LogP) is 4.76. The molecule has 0 bridgehead atoms. The second kappa shape index (κ2) is 6.59. The van der Waals surface area contributed by atoms with Gasteiger partial charge in [0.2, 0.25) is 0 Å². The molecular formula is C21H17NO4. The summed E-state index contributed by atoms with van der Waals surface area (Å²) in [5.74, 6) is 1.30. The van der Waals surface area contributed by atoms with Crippen molar-refractivity contribution < 1.29 is 14.5 Å². The number of ketones is 1. The summed E-state index contributed by atoms with van der Waals surface area (Å²) in [4.78, 5) is 23.0. The molecular weight excluding hydrogens is 330 g/mol. The fourth-order valence-electron chi connectivity index (χ4n) is 3.51. The molecule has 130 valence electrons. The third-order valence-corrected chi connectivity index (χ3v) is 4.79. The van der Waals surface area contributed by atoms with Gasteiger partial charge in [-0.2, -0.15) is 0 Å². The Balaban J connectivity index is 1.79. The predicted molar refractivity (Wildman–Crippen MR) is 97.2 cm³/mol. The minimum Gasteiger partial charge on any atom is -0.461 e. The number of hydrogen-bond acceptors (Lipinski definition) is 4. The first-order chi connectivity index (χ1) is 12.6. The summed E-state index contributed by atoms with van der Waals surface area (Å²) in [6.45, 7) is 0. The van der Waals surface area contributed by atoms with Crippen LogP contribution >= 0.6 is 0 Å². The van der Waals surface area contributed by atoms with Gasteiger partial charge in [0.1, 0.15) is 11.5 Å². The maximum atomic E-state index is 12.6. The molecule has 1 atom stereocenters. The molecule has 1 aliphatic carbocycles. The molecule has 2 aromatic rings. The van der Waals surface area contributed by atoms with E-state index < -0.39 is 4.92 Å². The van der Waals surface area contributed by atoms with Gasteiger partial charge in [-0.25, -0.2) is 0 Å². The van der Waals surface area contributed by atoms with Gasteiger partial charge >= 0.3 is 0 Å². The van der Waals surface area contributed by atoms with Crippen molar-refractivity contribution in [2.75, 3.05) is 0 Å². The van der Waals surface area contributed by atoms with Crippen LogP contribution in [0, 0.1) is 10.1 Å². The van der Waals surface area contributed by atoms with Crippen molar-refractivity contribution in [2.24, 2.45) is 0 Å². The summed E-state index contributed by atoms with van der Waals surface area (Å²) in [5.41, 5.74) is 2.53. The zero-order valence-corrected chi connectivity index (χ0v) is 14.1. The number of nitrogens with zero attached hydrogens (tertiary/aromatic N) is 1. The Hall–Kier alpha value is -3.21. The maximum absolute atomic E-state index is 12.6. The van der Waals surface area contributed by atoms with Gasteiger partial charge in [0.25, 0.3) is 5.69 Å². The highest BCUT2D eigenvalue weighted by atomic mass is 16.6. The molecule has 1 aliphatic heterocycles. The van der Waals surface area contributed by atoms with E-state index in [0.29, 0.717) is 12.0 Å². The van der Waals surface area contributed by atoms with E-state index in [9.17, 15) is 14.9 Å². The van der Waals surface area contributed by atoms with Crippen LogP contribution in [0.2, 0.25) is 0 Å². The summed E-state index contributed by atoms with van der Waals surface area (Å²) < 4.78 is 6.07. The van der Waals surface area contributed by atoms with Crippen LogP contribution in [0.4, 0.5) is 5.69 Å². The van der Waals surface area contributed by atoms with Crippen LogP contribution in [-0.4, -0.2) is 10.7 Å². The zero-order valence-electron chi connectivity index (χ0n) is 14.1. The molecule has 0 saturated carbocycles. The van der Waals surface area contributed by atoms with Crippen molar-refractivity contribution in [3.05, 3.63) is 93.2 Å². The van der Waals surface area contributed by atoms with Gasteiger partial charge < -0.3 is 4.74 Å². The molecule has 2 aliphatic rings. The zero-order chi connectivity index (χ0) is 18.1. The van der Waals surface area contributed by atoms with Crippen molar-refractivity contribution in [1.82, 2.24) is 0 Å². The number of allylic oxidation sites excluding steroid dienone is 3. The van der Waals surface area contributed by atoms with E-state index in [4.69, 9.17) is 4.74 Å². The Bertz CT molecular complexity index is 926. The van der Waals surface area contributed by atoms with E-state index in [1.165, 1.54) is 12.1 Å². The molecule has 0 N–H and O–H groups in total. The lowest BCUT2D eigenvalue weighted by Gasteiger charge is -2.30. The molecule has 4 rings (SSSR count). The SMILES string of the molecule is O=C1CCCC2=C1C(c1ccc([N+](=O)[O-])cc1)C=C(c1ccccc1)O2. The van der Waals surface area contributed by atoms with Gasteiger partial charge in [-0.15, -0.1) is 0 Å². The Morgan fingerprint density at radius 1 is 1.00 bits per heavy atom. The number of non-ortho nitro benzene ring substituents is 1. The Labute approximate surface area is 150 Å². The molecule has 0 spiro atoms. The number of carbonyl (C=O) groups is 1. The maximum Gasteiger partial charge on any atom is 0.269 e. The first-order valence-electron chi connectivity index (χ1n) is 8.59. The lowest BCUT2D eigenvalue weighted by molar-refractivity contribution is -0.384. The highest BCUT2D eigenvalue weighted by Crippen LogP contribution is 2.42. The van der Waals surface area contributed by atoms with E-state index in [-0.39, 0.29) is 17.4 Å². The summed E-state index contributed by atoms with van der Waals surface area (Å²) >= 11 is 0. The van der Waals surface area contributed by atoms with Crippen molar-refractivity contribution in [3.63, 3.8) is 0 Å². The molecule has 2 aromatic carbocycles. The van der Waals surface area contributed by atoms with Gasteiger partial charge in [0.15, 0.2) is 5.78 Å². The van der Waals surface area contributed by atoms with Crippen molar-refractivity contribution in [1.29, 1.82) is 0 Å². The standard InChI is InChI=1S/C21H17NO4/c23-18-7-4-8-19-21(18)17(14-9-11-16(12-10-14)22(24)25)13-20(26-19)15-5-2-1-3-6-15/h1-3,5-6,9-13,17H,4,7-8H2. The molecule has 0 amide bonds. The van der Waals surface area contributed by atoms with Gasteiger partial charge in [-0.3, -0.25) is 14.9 Å². The van der Waals surface area contributed by atoms with E-state index in [2.05, 4.69) is 0 Å². The number of benzene rings is 2. The number of ether oxygens (including phenoxy) is 1. The third kappa shape index (κ3) is 2.92. The van der Waals surface area contributed by atoms with Crippen LogP contribution in [0.1, 0.15) is 36.3 Å². The van der Waals surface area contributed by atoms with Crippen LogP contribution < -0.4 is 0 Å². The van der Waals surface area contributed by atoms with Crippen molar-refractivity contribution in [3.8, 4) is 0 Å². The summed E-state index contributed by atoms with van der Waals surface area (Å²) in [6.07, 6.45) is 3.97. The van der Waals surface area contributed by atoms with Gasteiger partial charge in [0, 0.05) is 42.0 Å². The van der Waals surface area contributed by atoms with Gasteiger partial charge in [-0.1, -0.05) is 42.5 Å². The average molecular weight is 347 g/mol. The number of nitro benzene ring substituents is 1. The number of rotatable bonds is 3. The second-order valence-electron chi connectivity index (χ2n) is 6.44. The lowest BCUT2D eigenvalue weighted by atomic mass is 9.80. The van der Waals surface area contributed by atoms with Crippen LogP contribution in [0.15, 0.2) is 72.0 Å². The quantitative estimate of drug-likeness (QED) is 0.593. The van der Waals surface area contributed by atoms with Crippen LogP contribution in [-0.2, 0) is 9.53 Å². The molecule has 1 unspecified atom stereocenters. The Morgan fingerprint density at radius 3 is 2.42 bits per heavy atom. The van der Waals surface area contributed by atoms with Gasteiger partial charge in [-0.05, 0) is 18.1 Å². The van der Waals surface area contributed by atoms with E-state index in [1.807, 2.05) is 36.4 Å². The average Bonchev–Trinajstić information content (AvgIpc) is 2.68. The normalized spacial score (nSPS) is 19.5. The summed E-state index contributed by atoms with van der Waals surface area (Å²) in [6, 6.07) is 16.2. The van der Waals surface area contributed by atoms with E-state index >= 15 is 0 Å². The smallest absolute Gasteiger partial charge is 0.269 e. The first-order valence-corrected chi connectivity index (χ1v) is 8.59. The van der Waals surface area contributed by atoms with Crippen LogP contribution in [0.25, 0.3) is 5.76 Å². The number of nitro groups is 1. The first kappa shape index (κ1) is 16.3. The Morgan fingerprint density at radius 2 is 1.73 bits per heavy atom. The second-order valence-corrected chi connectivity index (χ2v) is 6.44. The minimum atomic E-state index is -0.421. The highest BCUT2D eigenvalue weighted by Gasteiger charge is 2.33. The fourth-order valence-corrected chi connectivity index (χ4v) is 3.51. The third-order valence-electron chi connectivity index (χ3n) is 4.79. The Kier molecular flexibility index (Phi) is 4.13. The molecule has 5 heteroatoms.